The summed E-state index contributed by atoms with van der Waals surface area (Å²) < 4.78 is 24.0. The SMILES string of the molecule is CC(C)(C)c1cc(Br)cc(C(C)(C)C)c1O.CC(C)(C)c1cc(C(C)(C)C)c(O)c(C(C)(C)C)c1.CC(C)c1cccc(C(C)C)c1[N]=[W]=[CH]C(C)(C)c1ccccc1.CC(C)c1cccc(C(C)C)c1[N]=[W]=[CH]C(C)(C)c1ccccc1.CC(C)c1cccc(C(C)C)c1[N]=[W]=[CH]C(C)(C)c1ccccc1.CN(C)c1cc(C(C)(C)C)c(O)c(C(C)(C)C)c1.c1cc[n-]c1.c1cc[n-]c1.c1cc[n-]c1. The average Bonchev–Trinajstić information content (AvgIpc) is 1.06. The molecular weight excluding hydrogens is 2290 g/mol. The standard InChI is InChI=1S/C18H30O.C16H27NO.C14H21BrO.3C12H17N.3C10H12.3C4H4N.3W/c1-16(2,3)12-10-13(17(4,5)6)15(19)14(11-12)18(7,8)9;1-15(2,3)12-9-11(17(7)8)10-13(14(12)18)16(4,5)6;1-13(2,3)10-7-9(15)8-11(12(10)16)14(4,5)6;3*1-8(2)10-6-5-7-11(9(3)4)12(10)13;3*1-10(2,3)9-7-5-4-6-8-9;3*1-2-4-5-3-1;;;/h10-11,19H,1-9H3;9-10,18H,1-8H3;7-8,16H,1-6H3;3*5-9H,1-4H3;3*1,4-8H,2-3H3;3*1-4H;;;/q;;;;;;;;;3*-1;;;. The summed E-state index contributed by atoms with van der Waals surface area (Å²) in [5.74, 6) is 4.45. The van der Waals surface area contributed by atoms with Gasteiger partial charge in [0.1, 0.15) is 17.2 Å². The van der Waals surface area contributed by atoms with E-state index >= 15 is 0 Å². The van der Waals surface area contributed by atoms with Gasteiger partial charge in [0.25, 0.3) is 0 Å². The van der Waals surface area contributed by atoms with Crippen LogP contribution in [0.5, 0.6) is 17.2 Å². The Balaban J connectivity index is 0.000000341. The third kappa shape index (κ3) is 40.6. The summed E-state index contributed by atoms with van der Waals surface area (Å²) in [6, 6.07) is 76.2. The molecular formula is C126H177BrN7O3W3-3. The molecule has 140 heavy (non-hydrogen) atoms. The van der Waals surface area contributed by atoms with Crippen LogP contribution in [0.25, 0.3) is 0 Å². The van der Waals surface area contributed by atoms with Crippen molar-refractivity contribution in [3.63, 3.8) is 0 Å². The molecule has 0 aliphatic carbocycles. The average molecular weight is 2470 g/mol. The number of anilines is 1. The third-order valence-electron chi connectivity index (χ3n) is 23.9. The predicted octanol–water partition coefficient (Wildman–Crippen LogP) is 35.9. The minimum Gasteiger partial charge on any atom is -0.670 e. The van der Waals surface area contributed by atoms with Gasteiger partial charge in [-0.3, -0.25) is 0 Å². The molecule has 0 fully saturated rings. The van der Waals surface area contributed by atoms with E-state index < -0.39 is 53.8 Å². The van der Waals surface area contributed by atoms with Gasteiger partial charge in [-0.05, 0) is 78.9 Å². The molecule has 0 spiro atoms. The Morgan fingerprint density at radius 2 is 0.450 bits per heavy atom. The number of hydrogen-bond acceptors (Lipinski definition) is 7. The van der Waals surface area contributed by atoms with Crippen LogP contribution in [0.1, 0.15) is 395 Å². The van der Waals surface area contributed by atoms with Crippen molar-refractivity contribution in [2.75, 3.05) is 19.0 Å². The second-order valence-corrected chi connectivity index (χ2v) is 55.0. The minimum absolute atomic E-state index is 0.0478. The van der Waals surface area contributed by atoms with E-state index in [1.165, 1.54) is 72.7 Å². The Morgan fingerprint density at radius 1 is 0.257 bits per heavy atom. The van der Waals surface area contributed by atoms with Crippen molar-refractivity contribution >= 4 is 51.9 Å². The summed E-state index contributed by atoms with van der Waals surface area (Å²) in [7, 11) is 4.07. The molecule has 3 N–H and O–H groups in total. The van der Waals surface area contributed by atoms with E-state index in [2.05, 4.69) is 489 Å². The Bertz CT molecular complexity index is 5280. The molecule has 10 nitrogen and oxygen atoms in total. The van der Waals surface area contributed by atoms with Crippen LogP contribution >= 0.6 is 15.9 Å². The van der Waals surface area contributed by atoms with E-state index in [9.17, 15) is 15.3 Å². The largest absolute Gasteiger partial charge is 0.670 e. The van der Waals surface area contributed by atoms with Gasteiger partial charge in [0, 0.05) is 46.5 Å². The molecule has 12 aromatic rings. The van der Waals surface area contributed by atoms with Gasteiger partial charge in [-0.25, -0.2) is 0 Å². The molecule has 3 aromatic heterocycles. The number of phenolic OH excluding ortho intramolecular Hbond substituents is 3. The molecule has 0 saturated carbocycles. The summed E-state index contributed by atoms with van der Waals surface area (Å²) in [4.78, 5) is 13.3. The number of halogens is 1. The van der Waals surface area contributed by atoms with Crippen molar-refractivity contribution in [3.8, 4) is 17.2 Å². The van der Waals surface area contributed by atoms with Gasteiger partial charge in [-0.2, -0.15) is 37.2 Å². The molecule has 0 bridgehead atoms. The summed E-state index contributed by atoms with van der Waals surface area (Å²) in [5.41, 5.74) is 24.9. The number of rotatable bonds is 16. The van der Waals surface area contributed by atoms with Crippen LogP contribution in [0.4, 0.5) is 22.7 Å². The second-order valence-electron chi connectivity index (χ2n) is 47.3. The van der Waals surface area contributed by atoms with E-state index in [1.54, 1.807) is 37.2 Å². The Morgan fingerprint density at radius 3 is 0.614 bits per heavy atom. The topological polar surface area (TPSA) is 143 Å². The van der Waals surface area contributed by atoms with E-state index in [4.69, 9.17) is 10.5 Å². The molecule has 14 heteroatoms. The molecule has 0 saturated heterocycles. The quantitative estimate of drug-likeness (QED) is 0.0874. The normalized spacial score (nSPS) is 11.8. The number of nitrogens with zero attached hydrogens (tertiary/aromatic N) is 7. The van der Waals surface area contributed by atoms with Gasteiger partial charge in [0.05, 0.1) is 0 Å². The van der Waals surface area contributed by atoms with E-state index in [0.717, 1.165) is 43.5 Å². The predicted molar refractivity (Wildman–Crippen MR) is 603 cm³/mol. The van der Waals surface area contributed by atoms with Crippen LogP contribution in [0.3, 0.4) is 0 Å². The summed E-state index contributed by atoms with van der Waals surface area (Å²) in [6.07, 6.45) is 10.5. The molecule has 0 unspecified atom stereocenters. The second kappa shape index (κ2) is 55.6. The maximum atomic E-state index is 10.7. The van der Waals surface area contributed by atoms with Gasteiger partial charge in [-0.15, -0.1) is 0 Å². The van der Waals surface area contributed by atoms with Gasteiger partial charge >= 0.3 is 467 Å². The number of aromatic hydroxyl groups is 3. The molecule has 0 radical (unpaired) electrons. The zero-order valence-corrected chi connectivity index (χ0v) is 104. The van der Waals surface area contributed by atoms with Crippen LogP contribution in [0.15, 0.2) is 271 Å². The Hall–Kier alpha value is -8.43. The fourth-order valence-electron chi connectivity index (χ4n) is 15.0. The third-order valence-corrected chi connectivity index (χ3v) is 35.0. The fourth-order valence-corrected chi connectivity index (χ4v) is 23.8. The summed E-state index contributed by atoms with van der Waals surface area (Å²) in [5, 5.41) is 31.6. The summed E-state index contributed by atoms with van der Waals surface area (Å²) >= 11 is 0.766. The molecule has 0 amide bonds. The van der Waals surface area contributed by atoms with Gasteiger partial charge in [0.15, 0.2) is 0 Å². The first-order valence-corrected chi connectivity index (χ1v) is 59.7. The van der Waals surface area contributed by atoms with Crippen LogP contribution in [0.2, 0.25) is 0 Å². The zero-order valence-electron chi connectivity index (χ0n) is 93.5. The van der Waals surface area contributed by atoms with Crippen molar-refractivity contribution < 1.29 is 69.1 Å². The maximum absolute atomic E-state index is 10.7. The molecule has 0 aliphatic heterocycles. The van der Waals surface area contributed by atoms with Crippen molar-refractivity contribution in [1.82, 2.24) is 15.0 Å². The van der Waals surface area contributed by atoms with E-state index in [0.29, 0.717) is 52.8 Å². The minimum atomic E-state index is -0.918. The molecule has 0 aliphatic rings. The van der Waals surface area contributed by atoms with Crippen molar-refractivity contribution in [2.24, 2.45) is 10.5 Å². The van der Waals surface area contributed by atoms with Gasteiger partial charge in [-0.1, -0.05) is 210 Å². The molecule has 9 aromatic carbocycles. The Labute approximate surface area is 883 Å². The van der Waals surface area contributed by atoms with Crippen molar-refractivity contribution in [1.29, 1.82) is 0 Å². The molecule has 3 heterocycles. The van der Waals surface area contributed by atoms with Gasteiger partial charge < -0.3 is 35.2 Å². The van der Waals surface area contributed by atoms with E-state index in [1.807, 2.05) is 62.6 Å². The van der Waals surface area contributed by atoms with Crippen molar-refractivity contribution in [3.05, 3.63) is 349 Å². The first kappa shape index (κ1) is 124. The van der Waals surface area contributed by atoms with E-state index in [-0.39, 0.29) is 54.1 Å². The number of aromatic nitrogens is 3. The van der Waals surface area contributed by atoms with Crippen LogP contribution in [0, 0.1) is 0 Å². The fraction of sp³-hybridized carbons (Fsp3) is 0.452. The Kier molecular flexibility index (Phi) is 49.2. The van der Waals surface area contributed by atoms with Gasteiger partial charge in [0.2, 0.25) is 0 Å². The number of benzene rings is 9. The summed E-state index contributed by atoms with van der Waals surface area (Å²) in [6.45, 7) is 86.0. The van der Waals surface area contributed by atoms with Crippen LogP contribution in [-0.2, 0) is 108 Å². The molecule has 762 valence electrons. The first-order chi connectivity index (χ1) is 64.7. The zero-order chi connectivity index (χ0) is 106. The van der Waals surface area contributed by atoms with Crippen molar-refractivity contribution in [2.45, 2.75) is 360 Å². The first-order valence-electron chi connectivity index (χ1n) is 49.9. The van der Waals surface area contributed by atoms with Crippen LogP contribution < -0.4 is 19.9 Å². The molecule has 12 rings (SSSR count). The smallest absolute Gasteiger partial charge is 0.123 e. The number of phenols is 3. The maximum Gasteiger partial charge on any atom is 0.123 e. The monoisotopic (exact) mass is 2470 g/mol. The molecule has 0 atom stereocenters. The number of hydrogen-bond donors (Lipinski definition) is 3. The van der Waals surface area contributed by atoms with Crippen LogP contribution in [-0.4, -0.2) is 42.6 Å².